The molecule has 0 bridgehead atoms. The van der Waals surface area contributed by atoms with Crippen molar-refractivity contribution < 1.29 is 18.9 Å². The van der Waals surface area contributed by atoms with Crippen LogP contribution in [0.5, 0.6) is 0 Å². The zero-order valence-corrected chi connectivity index (χ0v) is 10.2. The molecule has 2 N–H and O–H groups in total. The van der Waals surface area contributed by atoms with E-state index in [4.69, 9.17) is 8.83 Å². The van der Waals surface area contributed by atoms with Gasteiger partial charge in [-0.25, -0.2) is 0 Å². The molecule has 0 saturated carbocycles. The Kier molecular flexibility index (Phi) is 2.80. The van der Waals surface area contributed by atoms with Gasteiger partial charge in [-0.15, -0.1) is 0 Å². The number of hydrogen-bond acceptors (Lipinski definition) is 3. The summed E-state index contributed by atoms with van der Waals surface area (Å²) in [4.78, 5) is 12.1. The largest absolute Gasteiger partial charge is 0.463 e. The van der Waals surface area contributed by atoms with Crippen LogP contribution in [0.2, 0.25) is 0 Å². The lowest BCUT2D eigenvalue weighted by Gasteiger charge is -2.29. The van der Waals surface area contributed by atoms with Gasteiger partial charge in [0.25, 0.3) is 0 Å². The number of carbonyl (C=O) groups is 1. The molecule has 18 heavy (non-hydrogen) atoms. The van der Waals surface area contributed by atoms with Gasteiger partial charge in [0.05, 0.1) is 24.9 Å². The average molecular weight is 246 g/mol. The maximum atomic E-state index is 12.1. The summed E-state index contributed by atoms with van der Waals surface area (Å²) in [5.74, 6) is 1.95. The summed E-state index contributed by atoms with van der Waals surface area (Å²) >= 11 is 0. The fourth-order valence-electron chi connectivity index (χ4n) is 2.61. The molecule has 1 saturated heterocycles. The molecule has 1 aliphatic heterocycles. The molecule has 3 rings (SSSR count). The zero-order chi connectivity index (χ0) is 12.5. The Balaban J connectivity index is 1.88. The van der Waals surface area contributed by atoms with Crippen molar-refractivity contribution in [2.45, 2.75) is 25.4 Å². The van der Waals surface area contributed by atoms with Crippen LogP contribution < -0.4 is 5.32 Å². The molecule has 94 valence electrons. The van der Waals surface area contributed by atoms with E-state index < -0.39 is 0 Å². The van der Waals surface area contributed by atoms with Gasteiger partial charge >= 0.3 is 0 Å². The van der Waals surface area contributed by atoms with E-state index in [1.165, 1.54) is 0 Å². The Labute approximate surface area is 105 Å². The first-order chi connectivity index (χ1) is 8.75. The van der Waals surface area contributed by atoms with E-state index in [0.717, 1.165) is 11.5 Å². The van der Waals surface area contributed by atoms with Crippen LogP contribution in [0, 0.1) is 5.92 Å². The molecule has 4 heteroatoms. The van der Waals surface area contributed by atoms with Crippen LogP contribution in [-0.2, 0) is 4.79 Å². The van der Waals surface area contributed by atoms with E-state index in [9.17, 15) is 4.79 Å². The first-order valence-electron chi connectivity index (χ1n) is 6.20. The summed E-state index contributed by atoms with van der Waals surface area (Å²) in [6.45, 7) is 1.96. The van der Waals surface area contributed by atoms with Crippen molar-refractivity contribution in [1.82, 2.24) is 0 Å². The number of quaternary nitrogens is 1. The second kappa shape index (κ2) is 4.46. The SMILES string of the molecule is C[C@@H]1C(=O)C[C@@H](c2ccco2)[NH2+][C@@H]1c1ccco1. The van der Waals surface area contributed by atoms with Crippen molar-refractivity contribution >= 4 is 5.78 Å². The fourth-order valence-corrected chi connectivity index (χ4v) is 2.61. The highest BCUT2D eigenvalue weighted by Crippen LogP contribution is 2.28. The molecule has 1 aliphatic rings. The monoisotopic (exact) mass is 246 g/mol. The molecular formula is C14H16NO3+. The molecule has 0 aromatic carbocycles. The van der Waals surface area contributed by atoms with E-state index in [2.05, 4.69) is 5.32 Å². The van der Waals surface area contributed by atoms with Gasteiger partial charge in [-0.05, 0) is 31.2 Å². The van der Waals surface area contributed by atoms with Gasteiger partial charge in [-0.1, -0.05) is 0 Å². The highest BCUT2D eigenvalue weighted by Gasteiger charge is 2.40. The Morgan fingerprint density at radius 3 is 2.44 bits per heavy atom. The molecule has 0 radical (unpaired) electrons. The Morgan fingerprint density at radius 2 is 1.83 bits per heavy atom. The number of nitrogens with two attached hydrogens (primary N) is 1. The van der Waals surface area contributed by atoms with E-state index >= 15 is 0 Å². The van der Waals surface area contributed by atoms with Crippen LogP contribution in [-0.4, -0.2) is 5.78 Å². The highest BCUT2D eigenvalue weighted by atomic mass is 16.3. The molecule has 0 aliphatic carbocycles. The second-order valence-electron chi connectivity index (χ2n) is 4.81. The van der Waals surface area contributed by atoms with Gasteiger partial charge in [0, 0.05) is 0 Å². The molecule has 0 unspecified atom stereocenters. The zero-order valence-electron chi connectivity index (χ0n) is 10.2. The molecule has 0 spiro atoms. The summed E-state index contributed by atoms with van der Waals surface area (Å²) in [6.07, 6.45) is 3.82. The standard InChI is InChI=1S/C14H15NO3/c1-9-11(16)8-10(12-4-2-6-17-12)15-14(9)13-5-3-7-18-13/h2-7,9-10,14-15H,8H2,1H3/p+1/t9-,10+,14+/m1/s1. The normalized spacial score (nSPS) is 28.5. The molecule has 0 amide bonds. The van der Waals surface area contributed by atoms with Crippen molar-refractivity contribution in [3.05, 3.63) is 48.3 Å². The summed E-state index contributed by atoms with van der Waals surface area (Å²) in [7, 11) is 0. The lowest BCUT2D eigenvalue weighted by Crippen LogP contribution is -2.89. The lowest BCUT2D eigenvalue weighted by molar-refractivity contribution is -0.746. The molecule has 3 heterocycles. The minimum Gasteiger partial charge on any atom is -0.463 e. The van der Waals surface area contributed by atoms with Crippen molar-refractivity contribution in [2.75, 3.05) is 0 Å². The van der Waals surface area contributed by atoms with E-state index in [-0.39, 0.29) is 23.8 Å². The van der Waals surface area contributed by atoms with Gasteiger partial charge in [0.15, 0.2) is 23.6 Å². The topological polar surface area (TPSA) is 60.0 Å². The average Bonchev–Trinajstić information content (AvgIpc) is 3.03. The third-order valence-corrected chi connectivity index (χ3v) is 3.69. The summed E-state index contributed by atoms with van der Waals surface area (Å²) < 4.78 is 10.9. The Bertz CT molecular complexity index is 515. The minimum absolute atomic E-state index is 0.0256. The smallest absolute Gasteiger partial charge is 0.161 e. The van der Waals surface area contributed by atoms with Gasteiger partial charge in [0.2, 0.25) is 0 Å². The summed E-state index contributed by atoms with van der Waals surface area (Å²) in [5.41, 5.74) is 0. The maximum Gasteiger partial charge on any atom is 0.161 e. The van der Waals surface area contributed by atoms with Gasteiger partial charge in [0.1, 0.15) is 5.78 Å². The number of hydrogen-bond donors (Lipinski definition) is 1. The third kappa shape index (κ3) is 1.88. The van der Waals surface area contributed by atoms with Crippen LogP contribution in [0.15, 0.2) is 45.6 Å². The molecule has 2 aromatic heterocycles. The van der Waals surface area contributed by atoms with Crippen molar-refractivity contribution in [1.29, 1.82) is 0 Å². The second-order valence-corrected chi connectivity index (χ2v) is 4.81. The third-order valence-electron chi connectivity index (χ3n) is 3.69. The number of carbonyl (C=O) groups excluding carboxylic acids is 1. The molecule has 4 nitrogen and oxygen atoms in total. The summed E-state index contributed by atoms with van der Waals surface area (Å²) in [5, 5.41) is 2.17. The minimum atomic E-state index is -0.0256. The predicted molar refractivity (Wildman–Crippen MR) is 63.6 cm³/mol. The van der Waals surface area contributed by atoms with Crippen LogP contribution in [0.3, 0.4) is 0 Å². The van der Waals surface area contributed by atoms with E-state index in [1.807, 2.05) is 31.2 Å². The Hall–Kier alpha value is -1.81. The number of furan rings is 2. The highest BCUT2D eigenvalue weighted by molar-refractivity contribution is 5.82. The van der Waals surface area contributed by atoms with E-state index in [1.54, 1.807) is 12.5 Å². The first-order valence-corrected chi connectivity index (χ1v) is 6.20. The quantitative estimate of drug-likeness (QED) is 0.879. The van der Waals surface area contributed by atoms with Gasteiger partial charge in [-0.2, -0.15) is 0 Å². The van der Waals surface area contributed by atoms with Gasteiger partial charge < -0.3 is 14.2 Å². The lowest BCUT2D eigenvalue weighted by atomic mass is 9.85. The van der Waals surface area contributed by atoms with Crippen LogP contribution >= 0.6 is 0 Å². The fraction of sp³-hybridized carbons (Fsp3) is 0.357. The van der Waals surface area contributed by atoms with Crippen molar-refractivity contribution in [3.8, 4) is 0 Å². The molecule has 1 fully saturated rings. The van der Waals surface area contributed by atoms with Crippen LogP contribution in [0.1, 0.15) is 36.9 Å². The van der Waals surface area contributed by atoms with Crippen LogP contribution in [0.4, 0.5) is 0 Å². The maximum absolute atomic E-state index is 12.1. The van der Waals surface area contributed by atoms with E-state index in [0.29, 0.717) is 6.42 Å². The molecule has 2 aromatic rings. The van der Waals surface area contributed by atoms with Crippen LogP contribution in [0.25, 0.3) is 0 Å². The number of ketones is 1. The molecular weight excluding hydrogens is 230 g/mol. The van der Waals surface area contributed by atoms with Crippen molar-refractivity contribution in [3.63, 3.8) is 0 Å². The number of rotatable bonds is 2. The Morgan fingerprint density at radius 1 is 1.17 bits per heavy atom. The number of piperidine rings is 1. The van der Waals surface area contributed by atoms with Gasteiger partial charge in [-0.3, -0.25) is 4.79 Å². The first kappa shape index (κ1) is 11.3. The van der Waals surface area contributed by atoms with Crippen molar-refractivity contribution in [2.24, 2.45) is 5.92 Å². The number of Topliss-reactive ketones (excluding diaryl/α,β-unsaturated/α-hetero) is 1. The predicted octanol–water partition coefficient (Wildman–Crippen LogP) is 1.83. The summed E-state index contributed by atoms with van der Waals surface area (Å²) in [6, 6.07) is 7.65. The molecule has 3 atom stereocenters.